The number of ether oxygens (including phenoxy) is 1. The van der Waals surface area contributed by atoms with E-state index in [0.29, 0.717) is 35.3 Å². The van der Waals surface area contributed by atoms with Crippen LogP contribution < -0.4 is 10.6 Å². The second-order valence-electron chi connectivity index (χ2n) is 5.18. The molecule has 0 saturated heterocycles. The van der Waals surface area contributed by atoms with Gasteiger partial charge in [0.1, 0.15) is 0 Å². The molecular weight excluding hydrogens is 327 g/mol. The van der Waals surface area contributed by atoms with E-state index < -0.39 is 0 Å². The van der Waals surface area contributed by atoms with Gasteiger partial charge in [0.15, 0.2) is 0 Å². The lowest BCUT2D eigenvalue weighted by molar-refractivity contribution is -0.125. The second kappa shape index (κ2) is 7.81. The molecule has 1 aromatic carbocycles. The number of hydrogen-bond donors (Lipinski definition) is 2. The Balaban J connectivity index is 1.80. The van der Waals surface area contributed by atoms with E-state index in [0.717, 1.165) is 6.42 Å². The topological polar surface area (TPSA) is 67.4 Å². The monoisotopic (exact) mass is 344 g/mol. The number of nitrogens with one attached hydrogen (secondary N) is 2. The van der Waals surface area contributed by atoms with Gasteiger partial charge in [-0.2, -0.15) is 0 Å². The van der Waals surface area contributed by atoms with Gasteiger partial charge in [-0.25, -0.2) is 0 Å². The minimum atomic E-state index is -0.308. The van der Waals surface area contributed by atoms with Crippen molar-refractivity contribution in [3.63, 3.8) is 0 Å². The van der Waals surface area contributed by atoms with Crippen molar-refractivity contribution in [3.8, 4) is 0 Å². The number of carbonyl (C=O) groups excluding carboxylic acids is 2. The quantitative estimate of drug-likeness (QED) is 0.747. The molecule has 1 aliphatic rings. The Morgan fingerprint density at radius 3 is 2.73 bits per heavy atom. The standard InChI is InChI=1S/C15H18Cl2N2O3/c1-22-7-3-6-18-14(20)9-8-10(9)15(21)19-12-5-2-4-11(16)13(12)17/h2,4-5,9-10H,3,6-8H2,1H3,(H,18,20)(H,19,21). The number of benzene rings is 1. The van der Waals surface area contributed by atoms with Crippen LogP contribution in [0.1, 0.15) is 12.8 Å². The summed E-state index contributed by atoms with van der Waals surface area (Å²) in [4.78, 5) is 24.0. The zero-order valence-electron chi connectivity index (χ0n) is 12.2. The summed E-state index contributed by atoms with van der Waals surface area (Å²) in [6.45, 7) is 1.15. The van der Waals surface area contributed by atoms with Crippen LogP contribution in [0.2, 0.25) is 10.0 Å². The highest BCUT2D eigenvalue weighted by Crippen LogP contribution is 2.40. The summed E-state index contributed by atoms with van der Waals surface area (Å²) in [7, 11) is 1.62. The van der Waals surface area contributed by atoms with Gasteiger partial charge in [-0.1, -0.05) is 29.3 Å². The average molecular weight is 345 g/mol. The van der Waals surface area contributed by atoms with Crippen LogP contribution in [0.4, 0.5) is 5.69 Å². The van der Waals surface area contributed by atoms with Gasteiger partial charge >= 0.3 is 0 Å². The Kier molecular flexibility index (Phi) is 6.06. The van der Waals surface area contributed by atoms with Crippen molar-refractivity contribution < 1.29 is 14.3 Å². The van der Waals surface area contributed by atoms with E-state index in [9.17, 15) is 9.59 Å². The third kappa shape index (κ3) is 4.35. The molecule has 0 radical (unpaired) electrons. The fourth-order valence-electron chi connectivity index (χ4n) is 2.16. The SMILES string of the molecule is COCCCNC(=O)C1CC1C(=O)Nc1cccc(Cl)c1Cl. The highest BCUT2D eigenvalue weighted by atomic mass is 35.5. The summed E-state index contributed by atoms with van der Waals surface area (Å²) in [5.41, 5.74) is 0.463. The molecule has 1 saturated carbocycles. The number of carbonyl (C=O) groups is 2. The Labute approximate surface area is 139 Å². The van der Waals surface area contributed by atoms with E-state index in [-0.39, 0.29) is 23.7 Å². The molecule has 0 aliphatic heterocycles. The summed E-state index contributed by atoms with van der Waals surface area (Å²) in [6.07, 6.45) is 1.31. The van der Waals surface area contributed by atoms with E-state index in [1.807, 2.05) is 0 Å². The highest BCUT2D eigenvalue weighted by Gasteiger charge is 2.47. The molecule has 120 valence electrons. The molecule has 2 amide bonds. The molecule has 0 heterocycles. The molecule has 1 aliphatic carbocycles. The van der Waals surface area contributed by atoms with Crippen molar-refractivity contribution in [2.24, 2.45) is 11.8 Å². The van der Waals surface area contributed by atoms with Gasteiger partial charge < -0.3 is 15.4 Å². The van der Waals surface area contributed by atoms with Crippen LogP contribution in [0.3, 0.4) is 0 Å². The fourth-order valence-corrected chi connectivity index (χ4v) is 2.51. The van der Waals surface area contributed by atoms with E-state index in [4.69, 9.17) is 27.9 Å². The fraction of sp³-hybridized carbons (Fsp3) is 0.467. The van der Waals surface area contributed by atoms with Gasteiger partial charge in [0, 0.05) is 20.3 Å². The zero-order chi connectivity index (χ0) is 16.1. The number of rotatable bonds is 7. The van der Waals surface area contributed by atoms with Crippen LogP contribution in [-0.4, -0.2) is 32.1 Å². The Bertz CT molecular complexity index is 566. The lowest BCUT2D eigenvalue weighted by Gasteiger charge is -2.08. The molecule has 2 unspecified atom stereocenters. The van der Waals surface area contributed by atoms with Crippen LogP contribution in [0.25, 0.3) is 0 Å². The summed E-state index contributed by atoms with van der Waals surface area (Å²) in [5, 5.41) is 6.20. The number of methoxy groups -OCH3 is 1. The van der Waals surface area contributed by atoms with Gasteiger partial charge in [-0.05, 0) is 25.0 Å². The normalized spacial score (nSPS) is 19.6. The third-order valence-corrected chi connectivity index (χ3v) is 4.32. The Hall–Kier alpha value is -1.30. The maximum absolute atomic E-state index is 12.1. The molecule has 0 spiro atoms. The largest absolute Gasteiger partial charge is 0.385 e. The molecule has 2 rings (SSSR count). The maximum atomic E-state index is 12.1. The first-order valence-corrected chi connectivity index (χ1v) is 7.81. The minimum Gasteiger partial charge on any atom is -0.385 e. The van der Waals surface area contributed by atoms with Crippen molar-refractivity contribution in [2.75, 3.05) is 25.6 Å². The number of amides is 2. The van der Waals surface area contributed by atoms with Crippen molar-refractivity contribution >= 4 is 40.7 Å². The van der Waals surface area contributed by atoms with Gasteiger partial charge in [0.25, 0.3) is 0 Å². The van der Waals surface area contributed by atoms with Crippen LogP contribution in [0.15, 0.2) is 18.2 Å². The predicted molar refractivity (Wildman–Crippen MR) is 86.2 cm³/mol. The molecule has 1 fully saturated rings. The van der Waals surface area contributed by atoms with E-state index in [1.165, 1.54) is 0 Å². The van der Waals surface area contributed by atoms with E-state index in [1.54, 1.807) is 25.3 Å². The molecule has 2 N–H and O–H groups in total. The molecule has 1 aromatic rings. The Morgan fingerprint density at radius 2 is 2.00 bits per heavy atom. The lowest BCUT2D eigenvalue weighted by atomic mass is 10.2. The highest BCUT2D eigenvalue weighted by molar-refractivity contribution is 6.44. The smallest absolute Gasteiger partial charge is 0.228 e. The molecule has 5 nitrogen and oxygen atoms in total. The first-order valence-electron chi connectivity index (χ1n) is 7.06. The number of halogens is 2. The van der Waals surface area contributed by atoms with Gasteiger partial charge in [0.05, 0.1) is 27.6 Å². The summed E-state index contributed by atoms with van der Waals surface area (Å²) >= 11 is 11.9. The zero-order valence-corrected chi connectivity index (χ0v) is 13.7. The van der Waals surface area contributed by atoms with Gasteiger partial charge in [-0.3, -0.25) is 9.59 Å². The van der Waals surface area contributed by atoms with E-state index in [2.05, 4.69) is 10.6 Å². The Morgan fingerprint density at radius 1 is 1.27 bits per heavy atom. The lowest BCUT2D eigenvalue weighted by Crippen LogP contribution is -2.28. The third-order valence-electron chi connectivity index (χ3n) is 3.50. The van der Waals surface area contributed by atoms with Crippen molar-refractivity contribution in [1.82, 2.24) is 5.32 Å². The van der Waals surface area contributed by atoms with Gasteiger partial charge in [0.2, 0.25) is 11.8 Å². The first kappa shape index (κ1) is 17.1. The first-order chi connectivity index (χ1) is 10.5. The molecule has 2 atom stereocenters. The van der Waals surface area contributed by atoms with Crippen LogP contribution in [-0.2, 0) is 14.3 Å². The summed E-state index contributed by atoms with van der Waals surface area (Å²) in [5.74, 6) is -0.868. The number of anilines is 1. The molecule has 0 bridgehead atoms. The predicted octanol–water partition coefficient (Wildman–Crippen LogP) is 2.72. The summed E-state index contributed by atoms with van der Waals surface area (Å²) in [6, 6.07) is 5.03. The molecule has 22 heavy (non-hydrogen) atoms. The molecular formula is C15H18Cl2N2O3. The summed E-state index contributed by atoms with van der Waals surface area (Å²) < 4.78 is 4.91. The van der Waals surface area contributed by atoms with Crippen LogP contribution in [0.5, 0.6) is 0 Å². The second-order valence-corrected chi connectivity index (χ2v) is 5.96. The average Bonchev–Trinajstić information content (AvgIpc) is 3.29. The molecule has 0 aromatic heterocycles. The number of hydrogen-bond acceptors (Lipinski definition) is 3. The van der Waals surface area contributed by atoms with Crippen molar-refractivity contribution in [3.05, 3.63) is 28.2 Å². The molecule has 7 heteroatoms. The van der Waals surface area contributed by atoms with Crippen LogP contribution in [0, 0.1) is 11.8 Å². The van der Waals surface area contributed by atoms with Crippen LogP contribution >= 0.6 is 23.2 Å². The van der Waals surface area contributed by atoms with E-state index >= 15 is 0 Å². The van der Waals surface area contributed by atoms with Gasteiger partial charge in [-0.15, -0.1) is 0 Å². The van der Waals surface area contributed by atoms with Crippen molar-refractivity contribution in [1.29, 1.82) is 0 Å². The maximum Gasteiger partial charge on any atom is 0.228 e. The van der Waals surface area contributed by atoms with Crippen molar-refractivity contribution in [2.45, 2.75) is 12.8 Å². The minimum absolute atomic E-state index is 0.0894.